The third-order valence-electron chi connectivity index (χ3n) is 11.3. The van der Waals surface area contributed by atoms with Gasteiger partial charge in [0.25, 0.3) is 22.8 Å². The SMILES string of the molecule is CC1=[N+](c2c(C)c(C)c(C)c(C)c2C)C2(C)[N+](c3c(C)c(C)c(C)c(C)c3C)=C(C)c3c(C)c(C)c(C)c1[n+]32. The summed E-state index contributed by atoms with van der Waals surface area (Å²) in [5, 5.41) is 0. The van der Waals surface area contributed by atoms with Crippen LogP contribution in [0.5, 0.6) is 0 Å². The van der Waals surface area contributed by atoms with Crippen molar-refractivity contribution < 1.29 is 13.7 Å². The average Bonchev–Trinajstić information content (AvgIpc) is 3.25. The minimum atomic E-state index is -0.449. The molecule has 0 amide bonds. The van der Waals surface area contributed by atoms with Crippen LogP contribution in [0.3, 0.4) is 0 Å². The first-order valence-electron chi connectivity index (χ1n) is 14.5. The molecule has 0 radical (unpaired) electrons. The van der Waals surface area contributed by atoms with Crippen molar-refractivity contribution in [1.29, 1.82) is 0 Å². The van der Waals surface area contributed by atoms with Crippen molar-refractivity contribution in [2.24, 2.45) is 0 Å². The Hall–Kier alpha value is -3.07. The molecule has 39 heavy (non-hydrogen) atoms. The van der Waals surface area contributed by atoms with Crippen LogP contribution in [0, 0.1) is 90.0 Å². The van der Waals surface area contributed by atoms with Gasteiger partial charge < -0.3 is 0 Å². The molecule has 0 N–H and O–H groups in total. The van der Waals surface area contributed by atoms with Crippen LogP contribution in [0.15, 0.2) is 0 Å². The monoisotopic (exact) mass is 522 g/mol. The highest BCUT2D eigenvalue weighted by atomic mass is 15.5. The van der Waals surface area contributed by atoms with Gasteiger partial charge in [-0.1, -0.05) is 13.7 Å². The summed E-state index contributed by atoms with van der Waals surface area (Å²) in [5.74, 6) is -0.449. The van der Waals surface area contributed by atoms with E-state index >= 15 is 0 Å². The molecule has 3 aromatic rings. The van der Waals surface area contributed by atoms with Crippen molar-refractivity contribution in [2.75, 3.05) is 0 Å². The van der Waals surface area contributed by atoms with Gasteiger partial charge in [0.1, 0.15) is 6.92 Å². The summed E-state index contributed by atoms with van der Waals surface area (Å²) in [6, 6.07) is 0. The van der Waals surface area contributed by atoms with Crippen molar-refractivity contribution in [1.82, 2.24) is 0 Å². The van der Waals surface area contributed by atoms with Gasteiger partial charge in [0.2, 0.25) is 11.4 Å². The van der Waals surface area contributed by atoms with E-state index < -0.39 is 5.79 Å². The lowest BCUT2D eigenvalue weighted by molar-refractivity contribution is -1.02. The second kappa shape index (κ2) is 8.46. The third-order valence-corrected chi connectivity index (χ3v) is 11.3. The molecule has 3 heteroatoms. The molecule has 2 aromatic carbocycles. The van der Waals surface area contributed by atoms with Crippen LogP contribution in [-0.4, -0.2) is 20.6 Å². The van der Waals surface area contributed by atoms with Gasteiger partial charge in [0, 0.05) is 47.2 Å². The van der Waals surface area contributed by atoms with E-state index in [1.54, 1.807) is 0 Å². The summed E-state index contributed by atoms with van der Waals surface area (Å²) in [6.45, 7) is 37.1. The van der Waals surface area contributed by atoms with E-state index in [-0.39, 0.29) is 0 Å². The van der Waals surface area contributed by atoms with E-state index in [4.69, 9.17) is 0 Å². The van der Waals surface area contributed by atoms with E-state index in [0.717, 1.165) is 0 Å². The Labute approximate surface area is 236 Å². The molecule has 5 rings (SSSR count). The summed E-state index contributed by atoms with van der Waals surface area (Å²) in [4.78, 5) is 0. The van der Waals surface area contributed by atoms with Crippen LogP contribution < -0.4 is 4.57 Å². The number of aromatic nitrogens is 1. The molecular formula is C36H48N3+3. The summed E-state index contributed by atoms with van der Waals surface area (Å²) < 4.78 is 8.03. The Balaban J connectivity index is 2.05. The maximum atomic E-state index is 2.68. The van der Waals surface area contributed by atoms with Crippen LogP contribution in [0.4, 0.5) is 11.4 Å². The average molecular weight is 523 g/mol. The van der Waals surface area contributed by atoms with Crippen LogP contribution in [0.2, 0.25) is 0 Å². The number of pyridine rings is 1. The second-order valence-electron chi connectivity index (χ2n) is 12.7. The number of benzene rings is 2. The van der Waals surface area contributed by atoms with E-state index in [1.807, 2.05) is 0 Å². The first-order chi connectivity index (χ1) is 18.0. The highest BCUT2D eigenvalue weighted by Gasteiger charge is 2.74. The maximum Gasteiger partial charge on any atom is 0.560 e. The molecule has 0 aliphatic carbocycles. The third kappa shape index (κ3) is 3.08. The first kappa shape index (κ1) is 27.5. The number of nitrogens with zero attached hydrogens (tertiary/aromatic N) is 3. The fourth-order valence-corrected chi connectivity index (χ4v) is 7.91. The van der Waals surface area contributed by atoms with Gasteiger partial charge in [-0.3, -0.25) is 0 Å². The lowest BCUT2D eigenvalue weighted by Crippen LogP contribution is -2.61. The Bertz CT molecular complexity index is 1560. The Kier molecular flexibility index (Phi) is 5.97. The van der Waals surface area contributed by atoms with Gasteiger partial charge in [0.05, 0.1) is 0 Å². The lowest BCUT2D eigenvalue weighted by atomic mass is 9.91. The van der Waals surface area contributed by atoms with Gasteiger partial charge in [0.15, 0.2) is 0 Å². The summed E-state index contributed by atoms with van der Waals surface area (Å²) in [7, 11) is 0. The van der Waals surface area contributed by atoms with Gasteiger partial charge in [-0.25, -0.2) is 0 Å². The molecule has 2 aliphatic rings. The minimum Gasteiger partial charge on any atom is -0.0628 e. The maximum absolute atomic E-state index is 2.68. The molecule has 3 nitrogen and oxygen atoms in total. The molecule has 0 fully saturated rings. The Morgan fingerprint density at radius 2 is 0.564 bits per heavy atom. The summed E-state index contributed by atoms with van der Waals surface area (Å²) in [5.41, 5.74) is 26.2. The normalized spacial score (nSPS) is 15.7. The van der Waals surface area contributed by atoms with Crippen molar-refractivity contribution >= 4 is 22.8 Å². The Morgan fingerprint density at radius 3 is 0.846 bits per heavy atom. The van der Waals surface area contributed by atoms with Crippen LogP contribution in [-0.2, 0) is 5.79 Å². The van der Waals surface area contributed by atoms with Gasteiger partial charge in [-0.2, -0.15) is 0 Å². The van der Waals surface area contributed by atoms with Crippen molar-refractivity contribution in [3.63, 3.8) is 0 Å². The molecule has 0 spiro atoms. The topological polar surface area (TPSA) is 9.90 Å². The van der Waals surface area contributed by atoms with Gasteiger partial charge in [-0.05, 0) is 129 Å². The minimum absolute atomic E-state index is 0.449. The second-order valence-corrected chi connectivity index (χ2v) is 12.7. The van der Waals surface area contributed by atoms with Gasteiger partial charge >= 0.3 is 5.79 Å². The first-order valence-corrected chi connectivity index (χ1v) is 14.5. The van der Waals surface area contributed by atoms with E-state index in [9.17, 15) is 0 Å². The number of hydrogen-bond donors (Lipinski definition) is 0. The van der Waals surface area contributed by atoms with Crippen molar-refractivity contribution in [3.8, 4) is 0 Å². The molecule has 1 aromatic heterocycles. The van der Waals surface area contributed by atoms with E-state index in [1.165, 1.54) is 107 Å². The highest BCUT2D eigenvalue weighted by Crippen LogP contribution is 2.46. The zero-order valence-corrected chi connectivity index (χ0v) is 27.3. The van der Waals surface area contributed by atoms with Crippen LogP contribution >= 0.6 is 0 Å². The predicted molar refractivity (Wildman–Crippen MR) is 164 cm³/mol. The standard InChI is InChI=1S/C36H48N3/c1-17-19(3)24(8)32(25(9)20(17)4)37-30(14)34-28(12)23(7)29(13)35-31(15)38(36(37,16)39(34)35)33-26(10)21(5)18(2)22(6)27(33)11/h1-16H3/q+3. The van der Waals surface area contributed by atoms with E-state index in [0.29, 0.717) is 0 Å². The zero-order chi connectivity index (χ0) is 29.2. The summed E-state index contributed by atoms with van der Waals surface area (Å²) in [6.07, 6.45) is 0. The fourth-order valence-electron chi connectivity index (χ4n) is 7.91. The highest BCUT2D eigenvalue weighted by molar-refractivity contribution is 5.99. The molecular weight excluding hydrogens is 474 g/mol. The molecule has 2 aliphatic heterocycles. The molecule has 0 unspecified atom stereocenters. The molecule has 204 valence electrons. The molecule has 3 heterocycles. The molecule has 0 saturated carbocycles. The quantitative estimate of drug-likeness (QED) is 0.302. The van der Waals surface area contributed by atoms with Crippen LogP contribution in [0.1, 0.15) is 104 Å². The number of rotatable bonds is 2. The molecule has 0 saturated heterocycles. The largest absolute Gasteiger partial charge is 0.560 e. The zero-order valence-electron chi connectivity index (χ0n) is 27.3. The smallest absolute Gasteiger partial charge is 0.0628 e. The van der Waals surface area contributed by atoms with Crippen LogP contribution in [0.25, 0.3) is 0 Å². The van der Waals surface area contributed by atoms with Crippen molar-refractivity contribution in [3.05, 3.63) is 83.7 Å². The lowest BCUT2D eigenvalue weighted by Gasteiger charge is -2.21. The number of hydrogen-bond acceptors (Lipinski definition) is 0. The fraction of sp³-hybridized carbons (Fsp3) is 0.472. The predicted octanol–water partition coefficient (Wildman–Crippen LogP) is 7.95. The Morgan fingerprint density at radius 1 is 0.333 bits per heavy atom. The molecule has 0 atom stereocenters. The van der Waals surface area contributed by atoms with E-state index in [2.05, 4.69) is 124 Å². The van der Waals surface area contributed by atoms with Crippen molar-refractivity contribution in [2.45, 2.75) is 117 Å². The summed E-state index contributed by atoms with van der Waals surface area (Å²) >= 11 is 0. The molecule has 0 bridgehead atoms. The van der Waals surface area contributed by atoms with Gasteiger partial charge in [-0.15, -0.1) is 0 Å².